The van der Waals surface area contributed by atoms with Crippen molar-refractivity contribution in [2.75, 3.05) is 18.5 Å². The Balaban J connectivity index is 1.97. The van der Waals surface area contributed by atoms with Gasteiger partial charge in [0.05, 0.1) is 12.9 Å². The fraction of sp³-hybridized carbons (Fsp3) is 0.583. The van der Waals surface area contributed by atoms with Crippen LogP contribution in [0.1, 0.15) is 19.6 Å². The number of aromatic nitrogens is 4. The molecule has 0 spiro atoms. The molecule has 0 aliphatic carbocycles. The molecule has 0 unspecified atom stereocenters. The Morgan fingerprint density at radius 3 is 2.95 bits per heavy atom. The molecule has 1 aliphatic rings. The van der Waals surface area contributed by atoms with Gasteiger partial charge in [0.1, 0.15) is 18.5 Å². The van der Waals surface area contributed by atoms with Crippen molar-refractivity contribution in [2.24, 2.45) is 0 Å². The molecule has 2 aromatic rings. The van der Waals surface area contributed by atoms with Gasteiger partial charge in [0, 0.05) is 6.54 Å². The van der Waals surface area contributed by atoms with Crippen molar-refractivity contribution >= 4 is 17.0 Å². The van der Waals surface area contributed by atoms with Gasteiger partial charge in [-0.05, 0) is 6.42 Å². The van der Waals surface area contributed by atoms with Gasteiger partial charge in [0.15, 0.2) is 23.2 Å². The Hall–Kier alpha value is -1.77. The minimum atomic E-state index is -0.991. The van der Waals surface area contributed by atoms with Crippen LogP contribution in [0.5, 0.6) is 0 Å². The molecule has 1 fully saturated rings. The smallest absolute Gasteiger partial charge is 0.167 e. The van der Waals surface area contributed by atoms with Crippen LogP contribution in [0.2, 0.25) is 0 Å². The van der Waals surface area contributed by atoms with Crippen LogP contribution >= 0.6 is 0 Å². The Kier molecular flexibility index (Phi) is 3.51. The molecule has 8 heteroatoms. The fourth-order valence-corrected chi connectivity index (χ4v) is 2.24. The van der Waals surface area contributed by atoms with Gasteiger partial charge in [0.25, 0.3) is 0 Å². The van der Waals surface area contributed by atoms with E-state index in [1.165, 1.54) is 6.33 Å². The summed E-state index contributed by atoms with van der Waals surface area (Å²) in [4.78, 5) is 12.6. The standard InChI is InChI=1S/C12H17N5O3/c1-2-3-13-10-8-11(15-5-14-10)17(6-16-8)12-9(19)7(18)4-20-12/h5-7,9,12,18-19H,2-4H2,1H3,(H,13,14,15)/t7-,9-,12-/m1/s1. The van der Waals surface area contributed by atoms with E-state index in [1.54, 1.807) is 10.9 Å². The van der Waals surface area contributed by atoms with E-state index in [9.17, 15) is 10.2 Å². The van der Waals surface area contributed by atoms with Gasteiger partial charge in [-0.15, -0.1) is 0 Å². The summed E-state index contributed by atoms with van der Waals surface area (Å²) in [6.07, 6.45) is 1.40. The summed E-state index contributed by atoms with van der Waals surface area (Å²) < 4.78 is 7.01. The van der Waals surface area contributed by atoms with Crippen LogP contribution in [0.3, 0.4) is 0 Å². The van der Waals surface area contributed by atoms with Crippen LogP contribution in [0.15, 0.2) is 12.7 Å². The number of aliphatic hydroxyl groups excluding tert-OH is 2. The maximum Gasteiger partial charge on any atom is 0.167 e. The minimum absolute atomic E-state index is 0.0948. The lowest BCUT2D eigenvalue weighted by atomic mass is 10.2. The number of imidazole rings is 1. The second-order valence-electron chi connectivity index (χ2n) is 4.75. The lowest BCUT2D eigenvalue weighted by Crippen LogP contribution is -2.28. The Bertz CT molecular complexity index is 602. The second-order valence-corrected chi connectivity index (χ2v) is 4.75. The molecule has 0 amide bonds. The number of nitrogens with one attached hydrogen (secondary N) is 1. The molecule has 3 rings (SSSR count). The molecule has 0 radical (unpaired) electrons. The highest BCUT2D eigenvalue weighted by atomic mass is 16.5. The highest BCUT2D eigenvalue weighted by Gasteiger charge is 2.36. The summed E-state index contributed by atoms with van der Waals surface area (Å²) in [5.41, 5.74) is 1.19. The maximum absolute atomic E-state index is 9.92. The number of hydrogen-bond acceptors (Lipinski definition) is 7. The summed E-state index contributed by atoms with van der Waals surface area (Å²) in [6, 6.07) is 0. The van der Waals surface area contributed by atoms with Gasteiger partial charge in [-0.25, -0.2) is 15.0 Å². The number of fused-ring (bicyclic) bond motifs is 1. The Labute approximate surface area is 115 Å². The van der Waals surface area contributed by atoms with Crippen molar-refractivity contribution in [3.63, 3.8) is 0 Å². The molecular formula is C12H17N5O3. The molecule has 0 saturated carbocycles. The summed E-state index contributed by atoms with van der Waals surface area (Å²) >= 11 is 0. The fourth-order valence-electron chi connectivity index (χ4n) is 2.24. The summed E-state index contributed by atoms with van der Waals surface area (Å²) in [6.45, 7) is 2.95. The quantitative estimate of drug-likeness (QED) is 0.717. The monoisotopic (exact) mass is 279 g/mol. The molecule has 108 valence electrons. The molecule has 1 saturated heterocycles. The first kappa shape index (κ1) is 13.2. The number of anilines is 1. The van der Waals surface area contributed by atoms with Gasteiger partial charge in [-0.2, -0.15) is 0 Å². The van der Waals surface area contributed by atoms with E-state index in [1.807, 2.05) is 0 Å². The van der Waals surface area contributed by atoms with E-state index in [4.69, 9.17) is 4.74 Å². The van der Waals surface area contributed by atoms with Crippen LogP contribution in [-0.2, 0) is 4.74 Å². The van der Waals surface area contributed by atoms with Crippen molar-refractivity contribution in [1.82, 2.24) is 19.5 Å². The largest absolute Gasteiger partial charge is 0.388 e. The summed E-state index contributed by atoms with van der Waals surface area (Å²) in [5.74, 6) is 0.656. The van der Waals surface area contributed by atoms with Gasteiger partial charge >= 0.3 is 0 Å². The lowest BCUT2D eigenvalue weighted by Gasteiger charge is -2.16. The van der Waals surface area contributed by atoms with Gasteiger partial charge in [-0.1, -0.05) is 6.92 Å². The van der Waals surface area contributed by atoms with Crippen LogP contribution < -0.4 is 5.32 Å². The number of hydrogen-bond donors (Lipinski definition) is 3. The van der Waals surface area contributed by atoms with Crippen LogP contribution in [-0.4, -0.2) is 55.1 Å². The molecule has 0 bridgehead atoms. The minimum Gasteiger partial charge on any atom is -0.388 e. The normalized spacial score (nSPS) is 26.2. The van der Waals surface area contributed by atoms with Gasteiger partial charge in [0.2, 0.25) is 0 Å². The number of ether oxygens (including phenoxy) is 1. The SMILES string of the molecule is CCCNc1ncnc2c1ncn2[C@@H]1OC[C@@H](O)[C@H]1O. The molecule has 0 aromatic carbocycles. The Morgan fingerprint density at radius 1 is 1.40 bits per heavy atom. The molecule has 2 aromatic heterocycles. The number of aliphatic hydroxyl groups is 2. The highest BCUT2D eigenvalue weighted by Crippen LogP contribution is 2.28. The maximum atomic E-state index is 9.92. The molecule has 3 N–H and O–H groups in total. The summed E-state index contributed by atoms with van der Waals surface area (Å²) in [5, 5.41) is 22.7. The van der Waals surface area contributed by atoms with E-state index in [-0.39, 0.29) is 6.61 Å². The third kappa shape index (κ3) is 2.11. The van der Waals surface area contributed by atoms with Crippen molar-refractivity contribution in [3.05, 3.63) is 12.7 Å². The lowest BCUT2D eigenvalue weighted by molar-refractivity contribution is -0.0162. The van der Waals surface area contributed by atoms with Crippen LogP contribution in [0.4, 0.5) is 5.82 Å². The van der Waals surface area contributed by atoms with Crippen molar-refractivity contribution in [2.45, 2.75) is 31.8 Å². The predicted molar refractivity (Wildman–Crippen MR) is 71.1 cm³/mol. The first-order valence-electron chi connectivity index (χ1n) is 6.61. The predicted octanol–water partition coefficient (Wildman–Crippen LogP) is -0.101. The van der Waals surface area contributed by atoms with Crippen molar-refractivity contribution in [3.8, 4) is 0 Å². The number of rotatable bonds is 4. The zero-order valence-electron chi connectivity index (χ0n) is 11.1. The van der Waals surface area contributed by atoms with E-state index in [2.05, 4.69) is 27.2 Å². The van der Waals surface area contributed by atoms with E-state index in [0.29, 0.717) is 17.0 Å². The molecule has 20 heavy (non-hydrogen) atoms. The molecular weight excluding hydrogens is 262 g/mol. The van der Waals surface area contributed by atoms with Crippen LogP contribution in [0, 0.1) is 0 Å². The van der Waals surface area contributed by atoms with Crippen LogP contribution in [0.25, 0.3) is 11.2 Å². The van der Waals surface area contributed by atoms with Gasteiger partial charge in [-0.3, -0.25) is 4.57 Å². The molecule has 3 atom stereocenters. The Morgan fingerprint density at radius 2 is 2.25 bits per heavy atom. The zero-order chi connectivity index (χ0) is 14.1. The topological polar surface area (TPSA) is 105 Å². The molecule has 8 nitrogen and oxygen atoms in total. The highest BCUT2D eigenvalue weighted by molar-refractivity contribution is 5.82. The first-order chi connectivity index (χ1) is 9.72. The number of nitrogens with zero attached hydrogens (tertiary/aromatic N) is 4. The van der Waals surface area contributed by atoms with E-state index in [0.717, 1.165) is 13.0 Å². The summed E-state index contributed by atoms with van der Waals surface area (Å²) in [7, 11) is 0. The van der Waals surface area contributed by atoms with Crippen molar-refractivity contribution < 1.29 is 14.9 Å². The molecule has 3 heterocycles. The average Bonchev–Trinajstić information content (AvgIpc) is 3.02. The van der Waals surface area contributed by atoms with E-state index >= 15 is 0 Å². The van der Waals surface area contributed by atoms with E-state index < -0.39 is 18.4 Å². The third-order valence-corrected chi connectivity index (χ3v) is 3.30. The third-order valence-electron chi connectivity index (χ3n) is 3.30. The first-order valence-corrected chi connectivity index (χ1v) is 6.61. The van der Waals surface area contributed by atoms with Gasteiger partial charge < -0.3 is 20.3 Å². The zero-order valence-corrected chi connectivity index (χ0v) is 11.1. The average molecular weight is 279 g/mol. The molecule has 1 aliphatic heterocycles. The second kappa shape index (κ2) is 5.31. The van der Waals surface area contributed by atoms with Crippen molar-refractivity contribution in [1.29, 1.82) is 0 Å².